The van der Waals surface area contributed by atoms with Crippen LogP contribution in [0.2, 0.25) is 0 Å². The van der Waals surface area contributed by atoms with Gasteiger partial charge in [-0.25, -0.2) is 0 Å². The molecule has 114 valence electrons. The molecule has 1 aromatic rings. The van der Waals surface area contributed by atoms with Crippen LogP contribution in [0.1, 0.15) is 37.8 Å². The number of hydrogen-bond donors (Lipinski definition) is 1. The molecule has 1 saturated carbocycles. The highest BCUT2D eigenvalue weighted by Gasteiger charge is 2.33. The second kappa shape index (κ2) is 6.06. The molecule has 0 aromatic heterocycles. The first-order chi connectivity index (χ1) is 10.2. The van der Waals surface area contributed by atoms with E-state index in [4.69, 9.17) is 0 Å². The van der Waals surface area contributed by atoms with E-state index >= 15 is 0 Å². The van der Waals surface area contributed by atoms with Crippen LogP contribution in [0.25, 0.3) is 0 Å². The van der Waals surface area contributed by atoms with Crippen molar-refractivity contribution in [3.8, 4) is 0 Å². The van der Waals surface area contributed by atoms with Crippen LogP contribution in [0.4, 0.5) is 5.69 Å². The number of likely N-dealkylation sites (N-methyl/N-ethyl adjacent to an activating group) is 1. The van der Waals surface area contributed by atoms with E-state index in [-0.39, 0.29) is 5.91 Å². The number of benzene rings is 1. The quantitative estimate of drug-likeness (QED) is 0.901. The number of anilines is 1. The molecular formula is C17H25N3O. The second-order valence-corrected chi connectivity index (χ2v) is 6.02. The summed E-state index contributed by atoms with van der Waals surface area (Å²) in [5, 5.41) is 3.37. The third kappa shape index (κ3) is 2.91. The summed E-state index contributed by atoms with van der Waals surface area (Å²) in [7, 11) is 2.01. The normalized spacial score (nSPS) is 21.0. The molecule has 1 heterocycles. The van der Waals surface area contributed by atoms with E-state index in [0.717, 1.165) is 19.5 Å². The number of hydrogen-bond acceptors (Lipinski definition) is 3. The summed E-state index contributed by atoms with van der Waals surface area (Å²) < 4.78 is 0. The zero-order valence-corrected chi connectivity index (χ0v) is 13.0. The summed E-state index contributed by atoms with van der Waals surface area (Å²) in [5.74, 6) is 0.276. The molecule has 1 unspecified atom stereocenters. The number of fused-ring (bicyclic) bond motifs is 1. The Hall–Kier alpha value is -1.55. The molecule has 1 N–H and O–H groups in total. The summed E-state index contributed by atoms with van der Waals surface area (Å²) in [5.41, 5.74) is 2.52. The minimum Gasteiger partial charge on any atom is -0.362 e. The summed E-state index contributed by atoms with van der Waals surface area (Å²) >= 11 is 0. The highest BCUT2D eigenvalue weighted by atomic mass is 16.2. The van der Waals surface area contributed by atoms with E-state index in [1.807, 2.05) is 11.9 Å². The lowest BCUT2D eigenvalue weighted by molar-refractivity contribution is -0.130. The van der Waals surface area contributed by atoms with Gasteiger partial charge in [0.15, 0.2) is 0 Å². The molecule has 1 fully saturated rings. The number of amides is 1. The smallest absolute Gasteiger partial charge is 0.242 e. The Balaban J connectivity index is 1.75. The minimum absolute atomic E-state index is 0.276. The van der Waals surface area contributed by atoms with Crippen molar-refractivity contribution in [3.63, 3.8) is 0 Å². The van der Waals surface area contributed by atoms with Gasteiger partial charge in [-0.3, -0.25) is 4.79 Å². The van der Waals surface area contributed by atoms with Gasteiger partial charge < -0.3 is 15.1 Å². The van der Waals surface area contributed by atoms with Gasteiger partial charge in [0.25, 0.3) is 0 Å². The van der Waals surface area contributed by atoms with Gasteiger partial charge in [-0.2, -0.15) is 0 Å². The Labute approximate surface area is 127 Å². The molecule has 1 atom stereocenters. The maximum Gasteiger partial charge on any atom is 0.242 e. The van der Waals surface area contributed by atoms with Gasteiger partial charge in [-0.15, -0.1) is 0 Å². The Morgan fingerprint density at radius 3 is 2.76 bits per heavy atom. The maximum atomic E-state index is 12.6. The Morgan fingerprint density at radius 2 is 2.10 bits per heavy atom. The van der Waals surface area contributed by atoms with Gasteiger partial charge in [0.1, 0.15) is 0 Å². The van der Waals surface area contributed by atoms with Gasteiger partial charge in [-0.05, 0) is 44.9 Å². The predicted molar refractivity (Wildman–Crippen MR) is 85.5 cm³/mol. The fourth-order valence-electron chi connectivity index (χ4n) is 3.37. The molecule has 21 heavy (non-hydrogen) atoms. The van der Waals surface area contributed by atoms with Gasteiger partial charge in [0, 0.05) is 30.9 Å². The number of nitrogens with zero attached hydrogens (tertiary/aromatic N) is 2. The fourth-order valence-corrected chi connectivity index (χ4v) is 3.37. The number of para-hydroxylation sites is 1. The first-order valence-corrected chi connectivity index (χ1v) is 8.05. The van der Waals surface area contributed by atoms with Gasteiger partial charge in [0.05, 0.1) is 6.54 Å². The average molecular weight is 287 g/mol. The van der Waals surface area contributed by atoms with Crippen molar-refractivity contribution in [2.45, 2.75) is 38.3 Å². The monoisotopic (exact) mass is 287 g/mol. The van der Waals surface area contributed by atoms with Crippen LogP contribution in [-0.2, 0) is 4.79 Å². The number of carbonyl (C=O) groups is 1. The van der Waals surface area contributed by atoms with Gasteiger partial charge in [-0.1, -0.05) is 18.2 Å². The van der Waals surface area contributed by atoms with Crippen LogP contribution in [0.3, 0.4) is 0 Å². The number of rotatable bonds is 5. The molecule has 1 amide bonds. The summed E-state index contributed by atoms with van der Waals surface area (Å²) in [4.78, 5) is 16.8. The topological polar surface area (TPSA) is 35.6 Å². The van der Waals surface area contributed by atoms with Crippen molar-refractivity contribution in [1.82, 2.24) is 10.2 Å². The van der Waals surface area contributed by atoms with Crippen molar-refractivity contribution < 1.29 is 4.79 Å². The predicted octanol–water partition coefficient (Wildman–Crippen LogP) is 2.17. The molecule has 3 rings (SSSR count). The molecule has 4 heteroatoms. The largest absolute Gasteiger partial charge is 0.362 e. The van der Waals surface area contributed by atoms with Crippen LogP contribution in [0.15, 0.2) is 24.3 Å². The summed E-state index contributed by atoms with van der Waals surface area (Å²) in [6, 6.07) is 9.36. The summed E-state index contributed by atoms with van der Waals surface area (Å²) in [6.45, 7) is 4.36. The Kier molecular flexibility index (Phi) is 4.15. The third-order valence-corrected chi connectivity index (χ3v) is 4.66. The fraction of sp³-hybridized carbons (Fsp3) is 0.588. The van der Waals surface area contributed by atoms with Crippen molar-refractivity contribution >= 4 is 11.6 Å². The standard InChI is InChI=1S/C17H25N3O/c1-3-20(13-8-9-13)17(21)12-19-11-10-15(18-2)14-6-4-5-7-16(14)19/h4-7,13,15,18H,3,8-12H2,1-2H3. The highest BCUT2D eigenvalue weighted by Crippen LogP contribution is 2.33. The first-order valence-electron chi connectivity index (χ1n) is 8.05. The van der Waals surface area contributed by atoms with E-state index in [0.29, 0.717) is 18.6 Å². The van der Waals surface area contributed by atoms with Crippen molar-refractivity contribution in [3.05, 3.63) is 29.8 Å². The minimum atomic E-state index is 0.276. The zero-order valence-electron chi connectivity index (χ0n) is 13.0. The zero-order chi connectivity index (χ0) is 14.8. The van der Waals surface area contributed by atoms with Gasteiger partial charge in [0.2, 0.25) is 5.91 Å². The molecule has 1 aromatic carbocycles. The second-order valence-electron chi connectivity index (χ2n) is 6.02. The van der Waals surface area contributed by atoms with E-state index in [1.54, 1.807) is 0 Å². The first kappa shape index (κ1) is 14.4. The van der Waals surface area contributed by atoms with Crippen LogP contribution in [0, 0.1) is 0 Å². The van der Waals surface area contributed by atoms with Crippen molar-refractivity contribution in [2.24, 2.45) is 0 Å². The maximum absolute atomic E-state index is 12.6. The molecule has 0 bridgehead atoms. The lowest BCUT2D eigenvalue weighted by atomic mass is 9.96. The summed E-state index contributed by atoms with van der Waals surface area (Å²) in [6.07, 6.45) is 3.41. The van der Waals surface area contributed by atoms with E-state index in [1.165, 1.54) is 24.1 Å². The molecule has 0 saturated heterocycles. The molecule has 2 aliphatic rings. The number of carbonyl (C=O) groups excluding carboxylic acids is 1. The van der Waals surface area contributed by atoms with E-state index in [9.17, 15) is 4.79 Å². The average Bonchev–Trinajstić information content (AvgIpc) is 3.33. The molecular weight excluding hydrogens is 262 g/mol. The number of nitrogens with one attached hydrogen (secondary N) is 1. The van der Waals surface area contributed by atoms with Gasteiger partial charge >= 0.3 is 0 Å². The van der Waals surface area contributed by atoms with E-state index < -0.39 is 0 Å². The Morgan fingerprint density at radius 1 is 1.33 bits per heavy atom. The molecule has 0 radical (unpaired) electrons. The molecule has 1 aliphatic heterocycles. The molecule has 4 nitrogen and oxygen atoms in total. The molecule has 0 spiro atoms. The van der Waals surface area contributed by atoms with Crippen molar-refractivity contribution in [2.75, 3.05) is 31.6 Å². The lowest BCUT2D eigenvalue weighted by Crippen LogP contribution is -2.44. The Bertz CT molecular complexity index is 513. The lowest BCUT2D eigenvalue weighted by Gasteiger charge is -2.36. The van der Waals surface area contributed by atoms with Crippen LogP contribution in [0.5, 0.6) is 0 Å². The van der Waals surface area contributed by atoms with Crippen molar-refractivity contribution in [1.29, 1.82) is 0 Å². The highest BCUT2D eigenvalue weighted by molar-refractivity contribution is 5.82. The SMILES string of the molecule is CCN(C(=O)CN1CCC(NC)c2ccccc21)C1CC1. The third-order valence-electron chi connectivity index (χ3n) is 4.66. The molecule has 1 aliphatic carbocycles. The van der Waals surface area contributed by atoms with E-state index in [2.05, 4.69) is 41.4 Å². The van der Waals surface area contributed by atoms with Crippen LogP contribution in [-0.4, -0.2) is 43.5 Å². The van der Waals surface area contributed by atoms with Crippen LogP contribution >= 0.6 is 0 Å². The van der Waals surface area contributed by atoms with Crippen LogP contribution < -0.4 is 10.2 Å².